The molecule has 0 aromatic heterocycles. The predicted octanol–water partition coefficient (Wildman–Crippen LogP) is 3.42. The van der Waals surface area contributed by atoms with Gasteiger partial charge in [0.2, 0.25) is 10.0 Å². The molecule has 2 aromatic carbocycles. The second kappa shape index (κ2) is 8.89. The number of nitrogens with zero attached hydrogens (tertiary/aromatic N) is 1. The van der Waals surface area contributed by atoms with Gasteiger partial charge >= 0.3 is 0 Å². The van der Waals surface area contributed by atoms with E-state index in [1.807, 2.05) is 42.5 Å². The van der Waals surface area contributed by atoms with Crippen molar-refractivity contribution in [2.45, 2.75) is 37.2 Å². The van der Waals surface area contributed by atoms with E-state index >= 15 is 0 Å². The van der Waals surface area contributed by atoms with E-state index in [2.05, 4.69) is 26.1 Å². The fourth-order valence-corrected chi connectivity index (χ4v) is 4.84. The van der Waals surface area contributed by atoms with Crippen LogP contribution in [0.4, 0.5) is 5.69 Å². The summed E-state index contributed by atoms with van der Waals surface area (Å²) in [5.74, 6) is 0.797. The Morgan fingerprint density at radius 3 is 2.53 bits per heavy atom. The van der Waals surface area contributed by atoms with Crippen LogP contribution < -0.4 is 14.4 Å². The average molecular weight is 449 g/mol. The summed E-state index contributed by atoms with van der Waals surface area (Å²) in [6, 6.07) is 15.4. The predicted molar refractivity (Wildman–Crippen MR) is 122 cm³/mol. The highest BCUT2D eigenvalue weighted by atomic mass is 32.2. The number of thioether (sulfide) groups is 1. The molecule has 1 atom stereocenters. The van der Waals surface area contributed by atoms with E-state index in [1.165, 1.54) is 4.31 Å². The van der Waals surface area contributed by atoms with Gasteiger partial charge in [0, 0.05) is 17.2 Å². The Morgan fingerprint density at radius 2 is 1.90 bits per heavy atom. The number of hydrogen-bond donors (Lipinski definition) is 1. The van der Waals surface area contributed by atoms with Crippen molar-refractivity contribution in [3.8, 4) is 5.75 Å². The van der Waals surface area contributed by atoms with E-state index in [9.17, 15) is 13.2 Å². The van der Waals surface area contributed by atoms with Gasteiger partial charge in [0.05, 0.1) is 18.5 Å². The van der Waals surface area contributed by atoms with Crippen LogP contribution in [0.15, 0.2) is 53.4 Å². The zero-order valence-electron chi connectivity index (χ0n) is 17.7. The maximum atomic E-state index is 12.7. The van der Waals surface area contributed by atoms with Crippen molar-refractivity contribution < 1.29 is 17.9 Å². The molecule has 30 heavy (non-hydrogen) atoms. The highest BCUT2D eigenvalue weighted by Gasteiger charge is 2.35. The lowest BCUT2D eigenvalue weighted by Crippen LogP contribution is -2.50. The molecule has 1 unspecified atom stereocenters. The van der Waals surface area contributed by atoms with Gasteiger partial charge in [-0.1, -0.05) is 45.0 Å². The normalized spacial score (nSPS) is 16.5. The Morgan fingerprint density at radius 1 is 1.20 bits per heavy atom. The molecule has 3 rings (SSSR count). The number of anilines is 1. The molecule has 6 nitrogen and oxygen atoms in total. The van der Waals surface area contributed by atoms with E-state index in [1.54, 1.807) is 17.8 Å². The maximum Gasteiger partial charge on any atom is 0.263 e. The molecule has 1 aliphatic rings. The maximum absolute atomic E-state index is 12.7. The number of rotatable bonds is 6. The summed E-state index contributed by atoms with van der Waals surface area (Å²) in [6.45, 7) is 6.61. The van der Waals surface area contributed by atoms with Gasteiger partial charge in [0.25, 0.3) is 5.91 Å². The van der Waals surface area contributed by atoms with Gasteiger partial charge in [-0.3, -0.25) is 9.10 Å². The van der Waals surface area contributed by atoms with Crippen LogP contribution >= 0.6 is 11.8 Å². The molecule has 162 valence electrons. The first-order valence-corrected chi connectivity index (χ1v) is 12.6. The molecule has 0 aliphatic carbocycles. The fraction of sp³-hybridized carbons (Fsp3) is 0.409. The van der Waals surface area contributed by atoms with Gasteiger partial charge < -0.3 is 10.1 Å². The molecule has 0 saturated carbocycles. The number of fused-ring (bicyclic) bond motifs is 1. The minimum atomic E-state index is -3.56. The van der Waals surface area contributed by atoms with Gasteiger partial charge in [0.1, 0.15) is 5.75 Å². The molecule has 8 heteroatoms. The summed E-state index contributed by atoms with van der Waals surface area (Å²) < 4.78 is 32.0. The zero-order valence-corrected chi connectivity index (χ0v) is 19.3. The molecular weight excluding hydrogens is 420 g/mol. The fourth-order valence-electron chi connectivity index (χ4n) is 3.14. The molecule has 0 bridgehead atoms. The van der Waals surface area contributed by atoms with Crippen molar-refractivity contribution in [3.05, 3.63) is 54.1 Å². The number of amides is 1. The number of benzene rings is 2. The summed E-state index contributed by atoms with van der Waals surface area (Å²) in [5.41, 5.74) is 1.34. The quantitative estimate of drug-likeness (QED) is 0.541. The van der Waals surface area contributed by atoms with Crippen molar-refractivity contribution in [2.24, 2.45) is 0 Å². The summed E-state index contributed by atoms with van der Waals surface area (Å²) in [5, 5.41) is 2.85. The minimum absolute atomic E-state index is 0.0446. The van der Waals surface area contributed by atoms with Crippen LogP contribution in [-0.2, 0) is 20.2 Å². The van der Waals surface area contributed by atoms with Crippen molar-refractivity contribution in [1.29, 1.82) is 0 Å². The number of nitrogens with one attached hydrogen (secondary N) is 1. The van der Waals surface area contributed by atoms with Crippen LogP contribution in [0, 0.1) is 0 Å². The van der Waals surface area contributed by atoms with Crippen LogP contribution in [0.1, 0.15) is 26.3 Å². The number of carbonyl (C=O) groups excluding carboxylic acids is 1. The highest BCUT2D eigenvalue weighted by Crippen LogP contribution is 2.38. The Labute approximate surface area is 183 Å². The van der Waals surface area contributed by atoms with Gasteiger partial charge in [-0.05, 0) is 35.2 Å². The van der Waals surface area contributed by atoms with Crippen LogP contribution in [0.5, 0.6) is 5.75 Å². The molecule has 0 spiro atoms. The second-order valence-corrected chi connectivity index (χ2v) is 11.4. The third-order valence-corrected chi connectivity index (χ3v) is 6.96. The van der Waals surface area contributed by atoms with E-state index in [4.69, 9.17) is 4.74 Å². The second-order valence-electron chi connectivity index (χ2n) is 8.29. The molecule has 1 heterocycles. The zero-order chi connectivity index (χ0) is 21.9. The largest absolute Gasteiger partial charge is 0.476 e. The lowest BCUT2D eigenvalue weighted by Gasteiger charge is -2.35. The molecule has 0 saturated heterocycles. The molecule has 1 N–H and O–H groups in total. The van der Waals surface area contributed by atoms with Gasteiger partial charge in [-0.15, -0.1) is 11.8 Å². The molecular formula is C22H28N2O4S2. The Hall–Kier alpha value is -2.19. The summed E-state index contributed by atoms with van der Waals surface area (Å²) >= 11 is 1.64. The van der Waals surface area contributed by atoms with Crippen LogP contribution in [-0.4, -0.2) is 45.5 Å². The van der Waals surface area contributed by atoms with Crippen molar-refractivity contribution in [2.75, 3.05) is 29.4 Å². The van der Waals surface area contributed by atoms with E-state index in [0.29, 0.717) is 23.7 Å². The number of carbonyl (C=O) groups is 1. The number of sulfonamides is 1. The molecule has 2 aromatic rings. The lowest BCUT2D eigenvalue weighted by atomic mass is 9.86. The third kappa shape index (κ3) is 5.49. The van der Waals surface area contributed by atoms with E-state index in [0.717, 1.165) is 16.7 Å². The van der Waals surface area contributed by atoms with Gasteiger partial charge in [-0.2, -0.15) is 0 Å². The first-order chi connectivity index (χ1) is 14.1. The average Bonchev–Trinajstić information content (AvgIpc) is 2.69. The van der Waals surface area contributed by atoms with Crippen molar-refractivity contribution in [3.63, 3.8) is 0 Å². The minimum Gasteiger partial charge on any atom is -0.476 e. The summed E-state index contributed by atoms with van der Waals surface area (Å²) in [4.78, 5) is 13.8. The van der Waals surface area contributed by atoms with Gasteiger partial charge in [0.15, 0.2) is 6.10 Å². The van der Waals surface area contributed by atoms with E-state index < -0.39 is 16.1 Å². The van der Waals surface area contributed by atoms with Crippen molar-refractivity contribution >= 4 is 33.4 Å². The first kappa shape index (κ1) is 22.5. The summed E-state index contributed by atoms with van der Waals surface area (Å²) in [7, 11) is -3.56. The standard InChI is InChI=1S/C22H28N2O4S2/c1-22(2,3)16-10-11-19-18(14-16)24(30(4,26)27)15-20(28-19)21(25)23-12-13-29-17-8-6-5-7-9-17/h5-11,14,20H,12-13,15H2,1-4H3,(H,23,25). The lowest BCUT2D eigenvalue weighted by molar-refractivity contribution is -0.127. The Kier molecular flexibility index (Phi) is 6.67. The third-order valence-electron chi connectivity index (χ3n) is 4.80. The summed E-state index contributed by atoms with van der Waals surface area (Å²) in [6.07, 6.45) is 0.256. The van der Waals surface area contributed by atoms with Crippen LogP contribution in [0.25, 0.3) is 0 Å². The monoisotopic (exact) mass is 448 g/mol. The molecule has 1 aliphatic heterocycles. The van der Waals surface area contributed by atoms with Gasteiger partial charge in [-0.25, -0.2) is 8.42 Å². The molecule has 1 amide bonds. The number of hydrogen-bond acceptors (Lipinski definition) is 5. The molecule has 0 radical (unpaired) electrons. The van der Waals surface area contributed by atoms with Crippen LogP contribution in [0.3, 0.4) is 0 Å². The first-order valence-electron chi connectivity index (χ1n) is 9.80. The van der Waals surface area contributed by atoms with Crippen LogP contribution in [0.2, 0.25) is 0 Å². The van der Waals surface area contributed by atoms with Crippen molar-refractivity contribution in [1.82, 2.24) is 5.32 Å². The Balaban J connectivity index is 1.69. The SMILES string of the molecule is CC(C)(C)c1ccc2c(c1)N(S(C)(=O)=O)CC(C(=O)NCCSc1ccccc1)O2. The molecule has 0 fully saturated rings. The highest BCUT2D eigenvalue weighted by molar-refractivity contribution is 7.99. The van der Waals surface area contributed by atoms with E-state index in [-0.39, 0.29) is 17.9 Å². The smallest absolute Gasteiger partial charge is 0.263 e. The topological polar surface area (TPSA) is 75.7 Å². The number of ether oxygens (including phenoxy) is 1. The Bertz CT molecular complexity index is 1000.